The van der Waals surface area contributed by atoms with Gasteiger partial charge in [0.15, 0.2) is 0 Å². The second-order valence-corrected chi connectivity index (χ2v) is 6.84. The number of esters is 2. The van der Waals surface area contributed by atoms with Crippen LogP contribution >= 0.6 is 0 Å². The molecule has 0 amide bonds. The van der Waals surface area contributed by atoms with Crippen LogP contribution in [-0.4, -0.2) is 47.1 Å². The van der Waals surface area contributed by atoms with Crippen LogP contribution in [0.1, 0.15) is 33.6 Å². The lowest BCUT2D eigenvalue weighted by Gasteiger charge is -2.28. The zero-order valence-corrected chi connectivity index (χ0v) is 15.4. The molecule has 0 aromatic rings. The van der Waals surface area contributed by atoms with Gasteiger partial charge >= 0.3 is 11.9 Å². The Labute approximate surface area is 153 Å². The summed E-state index contributed by atoms with van der Waals surface area (Å²) in [5.74, 6) is -1.67. The van der Waals surface area contributed by atoms with Crippen LogP contribution in [0.15, 0.2) is 47.1 Å². The van der Waals surface area contributed by atoms with Crippen molar-refractivity contribution in [3.05, 3.63) is 47.1 Å². The van der Waals surface area contributed by atoms with Gasteiger partial charge in [0.25, 0.3) is 0 Å². The quantitative estimate of drug-likeness (QED) is 0.453. The monoisotopic (exact) mass is 362 g/mol. The molecule has 0 aromatic carbocycles. The van der Waals surface area contributed by atoms with E-state index in [2.05, 4.69) is 6.58 Å². The highest BCUT2D eigenvalue weighted by molar-refractivity contribution is 5.92. The Kier molecular flexibility index (Phi) is 6.56. The number of ether oxygens (including phenoxy) is 2. The fourth-order valence-electron chi connectivity index (χ4n) is 3.36. The van der Waals surface area contributed by atoms with Crippen molar-refractivity contribution < 1.29 is 29.3 Å². The maximum Gasteiger partial charge on any atom is 0.336 e. The molecule has 2 rings (SSSR count). The van der Waals surface area contributed by atoms with Crippen LogP contribution in [0, 0.1) is 5.92 Å². The van der Waals surface area contributed by atoms with Crippen molar-refractivity contribution in [3.63, 3.8) is 0 Å². The first kappa shape index (κ1) is 20.1. The maximum absolute atomic E-state index is 12.3. The van der Waals surface area contributed by atoms with Gasteiger partial charge in [0, 0.05) is 12.0 Å². The first-order valence-electron chi connectivity index (χ1n) is 8.66. The number of aliphatic hydroxyl groups is 2. The third kappa shape index (κ3) is 4.51. The van der Waals surface area contributed by atoms with Gasteiger partial charge in [-0.3, -0.25) is 0 Å². The van der Waals surface area contributed by atoms with Crippen molar-refractivity contribution in [2.45, 2.75) is 51.9 Å². The number of carbonyl (C=O) groups is 2. The molecule has 6 nitrogen and oxygen atoms in total. The zero-order chi connectivity index (χ0) is 19.4. The average molecular weight is 362 g/mol. The van der Waals surface area contributed by atoms with Gasteiger partial charge < -0.3 is 19.7 Å². The number of carbonyl (C=O) groups excluding carboxylic acids is 2. The van der Waals surface area contributed by atoms with Crippen LogP contribution in [0.5, 0.6) is 0 Å². The predicted octanol–water partition coefficient (Wildman–Crippen LogP) is 1.98. The molecule has 0 aromatic heterocycles. The normalized spacial score (nSPS) is 34.1. The van der Waals surface area contributed by atoms with Gasteiger partial charge in [0.05, 0.1) is 24.2 Å². The summed E-state index contributed by atoms with van der Waals surface area (Å²) in [5, 5.41) is 19.4. The Balaban J connectivity index is 2.41. The van der Waals surface area contributed by atoms with Gasteiger partial charge in [-0.05, 0) is 33.3 Å². The van der Waals surface area contributed by atoms with E-state index >= 15 is 0 Å². The molecule has 1 fully saturated rings. The van der Waals surface area contributed by atoms with Crippen molar-refractivity contribution in [1.29, 1.82) is 0 Å². The van der Waals surface area contributed by atoms with Gasteiger partial charge in [-0.15, -0.1) is 0 Å². The van der Waals surface area contributed by atoms with Gasteiger partial charge in [0.1, 0.15) is 12.2 Å². The zero-order valence-electron chi connectivity index (χ0n) is 15.4. The summed E-state index contributed by atoms with van der Waals surface area (Å²) in [7, 11) is 0. The highest BCUT2D eigenvalue weighted by Gasteiger charge is 2.44. The fourth-order valence-corrected chi connectivity index (χ4v) is 3.36. The highest BCUT2D eigenvalue weighted by atomic mass is 16.6. The SMILES string of the molecule is C=C1C(=O)O[C@@H]2/C=C(\C)C[C@H](O)/C=C(\C)C[C@H](OC(=O)/C(=C/C)CO)[C@H]12. The molecular weight excluding hydrogens is 336 g/mol. The minimum Gasteiger partial charge on any atom is -0.458 e. The Bertz CT molecular complexity index is 684. The predicted molar refractivity (Wildman–Crippen MR) is 96.0 cm³/mol. The van der Waals surface area contributed by atoms with Crippen molar-refractivity contribution in [1.82, 2.24) is 0 Å². The van der Waals surface area contributed by atoms with E-state index < -0.39 is 42.8 Å². The minimum atomic E-state index is -0.696. The molecule has 0 bridgehead atoms. The Morgan fingerprint density at radius 3 is 2.62 bits per heavy atom. The molecule has 2 aliphatic rings. The van der Waals surface area contributed by atoms with Crippen LogP contribution in [0.25, 0.3) is 0 Å². The lowest BCUT2D eigenvalue weighted by Crippen LogP contribution is -2.34. The molecule has 1 aliphatic heterocycles. The van der Waals surface area contributed by atoms with E-state index in [-0.39, 0.29) is 11.1 Å². The number of allylic oxidation sites excluding steroid dienone is 1. The van der Waals surface area contributed by atoms with Crippen LogP contribution in [0.4, 0.5) is 0 Å². The van der Waals surface area contributed by atoms with Crippen LogP contribution in [-0.2, 0) is 19.1 Å². The number of rotatable bonds is 3. The van der Waals surface area contributed by atoms with E-state index in [1.54, 1.807) is 19.1 Å². The fraction of sp³-hybridized carbons (Fsp3) is 0.500. The van der Waals surface area contributed by atoms with Gasteiger partial charge in [-0.2, -0.15) is 0 Å². The summed E-state index contributed by atoms with van der Waals surface area (Å²) in [6.45, 7) is 8.72. The van der Waals surface area contributed by atoms with Gasteiger partial charge in [0.2, 0.25) is 0 Å². The molecule has 0 unspecified atom stereocenters. The molecule has 26 heavy (non-hydrogen) atoms. The largest absolute Gasteiger partial charge is 0.458 e. The van der Waals surface area contributed by atoms with Crippen LogP contribution < -0.4 is 0 Å². The number of hydrogen-bond donors (Lipinski definition) is 2. The molecule has 0 radical (unpaired) electrons. The Hall–Kier alpha value is -2.18. The number of aliphatic hydroxyl groups excluding tert-OH is 2. The van der Waals surface area contributed by atoms with E-state index in [1.807, 2.05) is 13.8 Å². The Morgan fingerprint density at radius 1 is 1.35 bits per heavy atom. The number of hydrogen-bond acceptors (Lipinski definition) is 6. The Morgan fingerprint density at radius 2 is 2.00 bits per heavy atom. The van der Waals surface area contributed by atoms with Crippen LogP contribution in [0.2, 0.25) is 0 Å². The summed E-state index contributed by atoms with van der Waals surface area (Å²) in [6, 6.07) is 0. The van der Waals surface area contributed by atoms with E-state index in [4.69, 9.17) is 9.47 Å². The van der Waals surface area contributed by atoms with E-state index in [1.165, 1.54) is 6.08 Å². The van der Waals surface area contributed by atoms with Crippen LogP contribution in [0.3, 0.4) is 0 Å². The molecule has 0 spiro atoms. The molecule has 2 N–H and O–H groups in total. The van der Waals surface area contributed by atoms with E-state index in [0.29, 0.717) is 12.8 Å². The highest BCUT2D eigenvalue weighted by Crippen LogP contribution is 2.36. The van der Waals surface area contributed by atoms with Crippen molar-refractivity contribution in [2.24, 2.45) is 5.92 Å². The third-order valence-electron chi connectivity index (χ3n) is 4.68. The van der Waals surface area contributed by atoms with Crippen molar-refractivity contribution in [2.75, 3.05) is 6.61 Å². The second kappa shape index (κ2) is 8.47. The van der Waals surface area contributed by atoms with Crippen molar-refractivity contribution in [3.8, 4) is 0 Å². The molecule has 142 valence electrons. The first-order chi connectivity index (χ1) is 12.3. The van der Waals surface area contributed by atoms with Gasteiger partial charge in [-0.25, -0.2) is 9.59 Å². The second-order valence-electron chi connectivity index (χ2n) is 6.84. The van der Waals surface area contributed by atoms with Crippen molar-refractivity contribution >= 4 is 11.9 Å². The molecule has 4 atom stereocenters. The molecule has 1 heterocycles. The summed E-state index contributed by atoms with van der Waals surface area (Å²) in [5.41, 5.74) is 2.11. The average Bonchev–Trinajstić information content (AvgIpc) is 2.81. The molecular formula is C20H26O6. The molecule has 1 saturated heterocycles. The van der Waals surface area contributed by atoms with Gasteiger partial charge in [-0.1, -0.05) is 29.9 Å². The van der Waals surface area contributed by atoms with E-state index in [0.717, 1.165) is 11.1 Å². The summed E-state index contributed by atoms with van der Waals surface area (Å²) < 4.78 is 11.0. The lowest BCUT2D eigenvalue weighted by molar-refractivity contribution is -0.147. The standard InChI is InChI=1S/C20H26O6/c1-5-14(10-21)20(24)26-17-9-12(3)7-15(22)6-11(2)8-16-18(17)13(4)19(23)25-16/h5,7-8,15-18,21-22H,4,6,9-10H2,1-3H3/b11-8+,12-7+,14-5+/t15-,16+,17-,18+/m0/s1. The van der Waals surface area contributed by atoms with E-state index in [9.17, 15) is 19.8 Å². The smallest absolute Gasteiger partial charge is 0.336 e. The lowest BCUT2D eigenvalue weighted by atomic mass is 9.85. The molecule has 6 heteroatoms. The maximum atomic E-state index is 12.3. The summed E-state index contributed by atoms with van der Waals surface area (Å²) >= 11 is 0. The molecule has 1 aliphatic carbocycles. The minimum absolute atomic E-state index is 0.142. The summed E-state index contributed by atoms with van der Waals surface area (Å²) in [6.07, 6.45) is 3.79. The first-order valence-corrected chi connectivity index (χ1v) is 8.66. The number of fused-ring (bicyclic) bond motifs is 1. The molecule has 0 saturated carbocycles. The third-order valence-corrected chi connectivity index (χ3v) is 4.68. The topological polar surface area (TPSA) is 93.1 Å². The summed E-state index contributed by atoms with van der Waals surface area (Å²) in [4.78, 5) is 24.4.